The van der Waals surface area contributed by atoms with Gasteiger partial charge in [-0.05, 0) is 27.7 Å². The predicted octanol–water partition coefficient (Wildman–Crippen LogP) is -1.25. The van der Waals surface area contributed by atoms with Crippen molar-refractivity contribution in [3.05, 3.63) is 22.9 Å². The van der Waals surface area contributed by atoms with E-state index in [9.17, 15) is 57.5 Å². The van der Waals surface area contributed by atoms with Crippen molar-refractivity contribution in [2.24, 2.45) is 14.1 Å². The van der Waals surface area contributed by atoms with Crippen molar-refractivity contribution < 1.29 is 62.2 Å². The van der Waals surface area contributed by atoms with E-state index in [-0.39, 0.29) is 109 Å². The quantitative estimate of drug-likeness (QED) is 0.288. The van der Waals surface area contributed by atoms with E-state index < -0.39 is 0 Å². The number of imide groups is 4. The van der Waals surface area contributed by atoms with E-state index in [1.165, 1.54) is 47.1 Å². The molecular weight excluding hydrogens is 901 g/mol. The van der Waals surface area contributed by atoms with Gasteiger partial charge in [0.05, 0.1) is 13.1 Å². The molecule has 28 nitrogen and oxygen atoms in total. The molecule has 382 valence electrons. The first-order valence-electron chi connectivity index (χ1n) is 21.0. The van der Waals surface area contributed by atoms with Gasteiger partial charge in [0, 0.05) is 110 Å². The molecule has 7 aliphatic rings. The molecule has 1 aromatic rings. The highest BCUT2D eigenvalue weighted by molar-refractivity contribution is 6.04. The number of imidazole rings is 1. The number of likely N-dealkylation sites (N-methyl/N-ethyl adjacent to an activating group) is 10. The highest BCUT2D eigenvalue weighted by atomic mass is 16.6. The first kappa shape index (κ1) is 58.6. The molecule has 0 aromatic carbocycles. The van der Waals surface area contributed by atoms with Crippen LogP contribution in [-0.4, -0.2) is 258 Å². The second kappa shape index (κ2) is 26.1. The molecule has 4 atom stereocenters. The average Bonchev–Trinajstić information content (AvgIpc) is 4.12. The minimum atomic E-state index is -0.345. The summed E-state index contributed by atoms with van der Waals surface area (Å²) in [5.41, 5.74) is 0.0185. The smallest absolute Gasteiger partial charge is 0.409 e. The number of hydrogen-bond acceptors (Lipinski definition) is 14. The van der Waals surface area contributed by atoms with Gasteiger partial charge in [-0.3, -0.25) is 38.8 Å². The van der Waals surface area contributed by atoms with E-state index in [0.717, 1.165) is 45.8 Å². The lowest BCUT2D eigenvalue weighted by Gasteiger charge is -2.07. The number of nitrogens with one attached hydrogen (secondary N) is 2. The lowest BCUT2D eigenvalue weighted by atomic mass is 10.3. The third-order valence-electron chi connectivity index (χ3n) is 10.2. The average molecular weight is 969 g/mol. The van der Waals surface area contributed by atoms with Crippen LogP contribution in [-0.2, 0) is 42.7 Å². The van der Waals surface area contributed by atoms with Crippen molar-refractivity contribution >= 4 is 66.0 Å². The summed E-state index contributed by atoms with van der Waals surface area (Å²) in [5, 5.41) is 4.91. The van der Waals surface area contributed by atoms with Gasteiger partial charge in [0.1, 0.15) is 37.4 Å². The van der Waals surface area contributed by atoms with Gasteiger partial charge in [-0.1, -0.05) is 0 Å². The van der Waals surface area contributed by atoms with Crippen LogP contribution in [0.1, 0.15) is 27.7 Å². The van der Waals surface area contributed by atoms with Gasteiger partial charge in [-0.25, -0.2) is 38.4 Å². The summed E-state index contributed by atoms with van der Waals surface area (Å²) in [7, 11) is 19.6. The molecule has 8 rings (SSSR count). The summed E-state index contributed by atoms with van der Waals surface area (Å²) < 4.78 is 12.6. The molecule has 2 N–H and O–H groups in total. The van der Waals surface area contributed by atoms with Crippen LogP contribution in [0.5, 0.6) is 0 Å². The Morgan fingerprint density at radius 2 is 0.735 bits per heavy atom. The summed E-state index contributed by atoms with van der Waals surface area (Å²) in [6.07, 6.45) is 3.18. The number of nitrogens with zero attached hydrogens (tertiary/aromatic N) is 12. The van der Waals surface area contributed by atoms with Crippen LogP contribution in [0.3, 0.4) is 0 Å². The zero-order valence-corrected chi connectivity index (χ0v) is 41.8. The Hall–Kier alpha value is -7.42. The van der Waals surface area contributed by atoms with Crippen molar-refractivity contribution in [2.75, 3.05) is 110 Å². The van der Waals surface area contributed by atoms with Crippen molar-refractivity contribution in [2.45, 2.75) is 52.0 Å². The number of cyclic esters (lactones) is 2. The van der Waals surface area contributed by atoms with Crippen LogP contribution in [0.25, 0.3) is 0 Å². The Kier molecular flexibility index (Phi) is 22.5. The van der Waals surface area contributed by atoms with Gasteiger partial charge < -0.3 is 58.6 Å². The van der Waals surface area contributed by atoms with E-state index >= 15 is 0 Å². The molecule has 0 aliphatic carbocycles. The number of amides is 16. The molecule has 0 saturated carbocycles. The van der Waals surface area contributed by atoms with Crippen LogP contribution >= 0.6 is 0 Å². The third kappa shape index (κ3) is 17.1. The highest BCUT2D eigenvalue weighted by Crippen LogP contribution is 2.08. The van der Waals surface area contributed by atoms with Crippen LogP contribution in [0.4, 0.5) is 33.6 Å². The topological polar surface area (TPSA) is 290 Å². The van der Waals surface area contributed by atoms with Gasteiger partial charge in [0.2, 0.25) is 11.8 Å². The number of urea groups is 5. The molecule has 4 unspecified atom stereocenters. The molecule has 1 aromatic heterocycles. The van der Waals surface area contributed by atoms with Crippen molar-refractivity contribution in [3.63, 3.8) is 0 Å². The zero-order chi connectivity index (χ0) is 52.7. The molecule has 8 heterocycles. The molecule has 7 fully saturated rings. The zero-order valence-electron chi connectivity index (χ0n) is 41.8. The number of carbonyl (C=O) groups is 11. The minimum Gasteiger partial charge on any atom is -0.445 e. The van der Waals surface area contributed by atoms with Gasteiger partial charge in [0.15, 0.2) is 0 Å². The maximum absolute atomic E-state index is 10.8. The lowest BCUT2D eigenvalue weighted by molar-refractivity contribution is -0.126. The molecule has 0 radical (unpaired) electrons. The highest BCUT2D eigenvalue weighted by Gasteiger charge is 2.33. The Morgan fingerprint density at radius 3 is 0.809 bits per heavy atom. The second-order valence-corrected chi connectivity index (χ2v) is 16.4. The van der Waals surface area contributed by atoms with E-state index in [2.05, 4.69) is 10.6 Å². The SMILES string of the molecule is CC1CN(C)C(=O)O1.CC1CN(C)C(=O)O1.CC1NC(=O)N(C)C1=O.CC1NC(=O)N(C)C1=O.CN1CC(=O)N(C)C1=O.CN1CC(=O)N(C)C1=O.CN1CCN(C)C1=O.Cn1ccn(C)c1=O. The summed E-state index contributed by atoms with van der Waals surface area (Å²) in [5.74, 6) is -0.606. The molecular formula is C40H68N14O14. The maximum Gasteiger partial charge on any atom is 0.409 e. The number of aryl methyl sites for hydroxylation is 2. The number of rotatable bonds is 0. The second-order valence-electron chi connectivity index (χ2n) is 16.4. The Balaban J connectivity index is 0.000000389. The van der Waals surface area contributed by atoms with Crippen LogP contribution < -0.4 is 16.3 Å². The number of carbonyl (C=O) groups excluding carboxylic acids is 11. The van der Waals surface area contributed by atoms with Crippen LogP contribution in [0, 0.1) is 0 Å². The van der Waals surface area contributed by atoms with Gasteiger partial charge in [-0.15, -0.1) is 0 Å². The minimum absolute atomic E-state index is 0.0185. The first-order chi connectivity index (χ1) is 31.3. The Bertz CT molecular complexity index is 1880. The van der Waals surface area contributed by atoms with Crippen LogP contribution in [0.15, 0.2) is 17.2 Å². The largest absolute Gasteiger partial charge is 0.445 e. The van der Waals surface area contributed by atoms with Crippen molar-refractivity contribution in [3.8, 4) is 0 Å². The Labute approximate surface area is 395 Å². The van der Waals surface area contributed by atoms with Crippen LogP contribution in [0.2, 0.25) is 0 Å². The fraction of sp³-hybridized carbons (Fsp3) is 0.650. The van der Waals surface area contributed by atoms with Gasteiger partial charge >= 0.3 is 48.0 Å². The fourth-order valence-corrected chi connectivity index (χ4v) is 5.83. The van der Waals surface area contributed by atoms with E-state index in [4.69, 9.17) is 9.47 Å². The fourth-order valence-electron chi connectivity index (χ4n) is 5.83. The molecule has 0 bridgehead atoms. The van der Waals surface area contributed by atoms with E-state index in [1.54, 1.807) is 88.1 Å². The standard InChI is InChI=1S/4C5H8N2O2.C5H10N2O.C5H8N2O.2C5H9NO2/c2*1-6-3-4(8)7(2)5(6)9;2*1-3-4(8)7(2)5(9)6-3;2*1-6-3-4-7(2)5(6)8;2*1-4-3-6(2)5(7)8-4/h2*3H2,1-2H3;2*3H,1-2H3,(H,6,9);3-4H2,1-2H3;3-4H,1-2H3;2*4H,3H2,1-2H3. The van der Waals surface area contributed by atoms with Gasteiger partial charge in [-0.2, -0.15) is 0 Å². The Morgan fingerprint density at radius 1 is 0.426 bits per heavy atom. The monoisotopic (exact) mass is 969 g/mol. The summed E-state index contributed by atoms with van der Waals surface area (Å²) in [4.78, 5) is 142. The lowest BCUT2D eigenvalue weighted by Crippen LogP contribution is -2.27. The molecule has 68 heavy (non-hydrogen) atoms. The number of aromatic nitrogens is 2. The van der Waals surface area contributed by atoms with Crippen molar-refractivity contribution in [1.82, 2.24) is 68.8 Å². The molecule has 28 heteroatoms. The number of hydrogen-bond donors (Lipinski definition) is 2. The summed E-state index contributed by atoms with van der Waals surface area (Å²) in [6, 6.07) is -1.63. The number of ether oxygens (including phenoxy) is 2. The van der Waals surface area contributed by atoms with E-state index in [0.29, 0.717) is 0 Å². The summed E-state index contributed by atoms with van der Waals surface area (Å²) >= 11 is 0. The maximum atomic E-state index is 10.8. The third-order valence-corrected chi connectivity index (χ3v) is 10.2. The van der Waals surface area contributed by atoms with Crippen molar-refractivity contribution in [1.29, 1.82) is 0 Å². The normalized spacial score (nSPS) is 22.6. The predicted molar refractivity (Wildman–Crippen MR) is 242 cm³/mol. The summed E-state index contributed by atoms with van der Waals surface area (Å²) in [6.45, 7) is 10.7. The van der Waals surface area contributed by atoms with E-state index in [1.807, 2.05) is 27.9 Å². The molecule has 7 aliphatic heterocycles. The molecule has 7 saturated heterocycles. The molecule has 0 spiro atoms. The molecule has 16 amide bonds. The van der Waals surface area contributed by atoms with Gasteiger partial charge in [0.25, 0.3) is 11.8 Å². The first-order valence-corrected chi connectivity index (χ1v) is 21.0.